The molecule has 1 aliphatic heterocycles. The second-order valence-electron chi connectivity index (χ2n) is 4.58. The Labute approximate surface area is 112 Å². The summed E-state index contributed by atoms with van der Waals surface area (Å²) in [6, 6.07) is 5.16. The Morgan fingerprint density at radius 1 is 1.50 bits per heavy atom. The molecule has 2 rings (SSSR count). The minimum absolute atomic E-state index is 0.202. The molecule has 1 saturated heterocycles. The molecule has 0 amide bonds. The zero-order valence-corrected chi connectivity index (χ0v) is 12.0. The molecule has 6 heteroatoms. The van der Waals surface area contributed by atoms with Crippen LogP contribution in [0.15, 0.2) is 23.1 Å². The van der Waals surface area contributed by atoms with E-state index in [9.17, 15) is 8.42 Å². The van der Waals surface area contributed by atoms with Gasteiger partial charge in [-0.15, -0.1) is 0 Å². The molecule has 0 aliphatic carbocycles. The van der Waals surface area contributed by atoms with Crippen molar-refractivity contribution in [3.05, 3.63) is 23.8 Å². The molecular formula is C12H18N2O2S2. The topological polar surface area (TPSA) is 72.2 Å². The molecule has 1 fully saturated rings. The monoisotopic (exact) mass is 286 g/mol. The predicted molar refractivity (Wildman–Crippen MR) is 76.5 cm³/mol. The first-order valence-electron chi connectivity index (χ1n) is 5.92. The van der Waals surface area contributed by atoms with Gasteiger partial charge in [-0.25, -0.2) is 13.6 Å². The summed E-state index contributed by atoms with van der Waals surface area (Å²) in [6.07, 6.45) is 1.23. The SMILES string of the molecule is Cc1c(NCC2CCSC2)cccc1S(N)(=O)=O. The van der Waals surface area contributed by atoms with E-state index in [2.05, 4.69) is 5.32 Å². The standard InChI is InChI=1S/C12H18N2O2S2/c1-9-11(14-7-10-5-6-17-8-10)3-2-4-12(9)18(13,15)16/h2-4,10,14H,5-8H2,1H3,(H2,13,15,16). The van der Waals surface area contributed by atoms with Gasteiger partial charge >= 0.3 is 0 Å². The Morgan fingerprint density at radius 2 is 2.28 bits per heavy atom. The summed E-state index contributed by atoms with van der Waals surface area (Å²) >= 11 is 1.97. The van der Waals surface area contributed by atoms with Crippen molar-refractivity contribution in [2.45, 2.75) is 18.2 Å². The van der Waals surface area contributed by atoms with Gasteiger partial charge < -0.3 is 5.32 Å². The summed E-state index contributed by atoms with van der Waals surface area (Å²) in [5.41, 5.74) is 1.56. The van der Waals surface area contributed by atoms with Gasteiger partial charge in [0.2, 0.25) is 10.0 Å². The van der Waals surface area contributed by atoms with Crippen molar-refractivity contribution in [2.75, 3.05) is 23.4 Å². The van der Waals surface area contributed by atoms with Crippen LogP contribution in [0.1, 0.15) is 12.0 Å². The first kappa shape index (κ1) is 13.7. The Kier molecular flexibility index (Phi) is 4.19. The number of thioether (sulfide) groups is 1. The van der Waals surface area contributed by atoms with Crippen LogP contribution in [0.5, 0.6) is 0 Å². The maximum atomic E-state index is 11.4. The predicted octanol–water partition coefficient (Wildman–Crippen LogP) is 1.81. The lowest BCUT2D eigenvalue weighted by Gasteiger charge is -2.15. The fourth-order valence-corrected chi connectivity index (χ4v) is 4.20. The molecule has 1 unspecified atom stereocenters. The fraction of sp³-hybridized carbons (Fsp3) is 0.500. The first-order valence-corrected chi connectivity index (χ1v) is 8.62. The summed E-state index contributed by atoms with van der Waals surface area (Å²) in [5.74, 6) is 3.08. The fourth-order valence-electron chi connectivity index (χ4n) is 2.11. The molecule has 1 aromatic carbocycles. The number of primary sulfonamides is 1. The number of sulfonamides is 1. The van der Waals surface area contributed by atoms with Crippen LogP contribution in [0, 0.1) is 12.8 Å². The molecule has 1 heterocycles. The van der Waals surface area contributed by atoms with Crippen molar-refractivity contribution in [3.63, 3.8) is 0 Å². The van der Waals surface area contributed by atoms with Gasteiger partial charge in [0.05, 0.1) is 4.90 Å². The van der Waals surface area contributed by atoms with Crippen LogP contribution in [-0.2, 0) is 10.0 Å². The normalized spacial score (nSPS) is 20.0. The molecule has 1 aliphatic rings. The smallest absolute Gasteiger partial charge is 0.238 e. The molecule has 18 heavy (non-hydrogen) atoms. The van der Waals surface area contributed by atoms with Crippen LogP contribution in [0.4, 0.5) is 5.69 Å². The summed E-state index contributed by atoms with van der Waals surface area (Å²) in [4.78, 5) is 0.202. The van der Waals surface area contributed by atoms with Crippen LogP contribution in [0.3, 0.4) is 0 Å². The molecule has 1 atom stereocenters. The minimum atomic E-state index is -3.64. The zero-order valence-electron chi connectivity index (χ0n) is 10.3. The molecule has 0 bridgehead atoms. The van der Waals surface area contributed by atoms with E-state index < -0.39 is 10.0 Å². The van der Waals surface area contributed by atoms with Crippen molar-refractivity contribution < 1.29 is 8.42 Å². The maximum absolute atomic E-state index is 11.4. The minimum Gasteiger partial charge on any atom is -0.384 e. The van der Waals surface area contributed by atoms with E-state index in [1.807, 2.05) is 17.8 Å². The van der Waals surface area contributed by atoms with Gasteiger partial charge in [0.25, 0.3) is 0 Å². The second kappa shape index (κ2) is 5.50. The third kappa shape index (κ3) is 3.18. The molecule has 0 aromatic heterocycles. The number of benzene rings is 1. The summed E-state index contributed by atoms with van der Waals surface area (Å²) in [5, 5.41) is 8.52. The molecule has 0 radical (unpaired) electrons. The van der Waals surface area contributed by atoms with Crippen molar-refractivity contribution in [1.82, 2.24) is 0 Å². The van der Waals surface area contributed by atoms with E-state index in [4.69, 9.17) is 5.14 Å². The van der Waals surface area contributed by atoms with Crippen LogP contribution in [-0.4, -0.2) is 26.5 Å². The Hall–Kier alpha value is -0.720. The lowest BCUT2D eigenvalue weighted by atomic mass is 10.1. The highest BCUT2D eigenvalue weighted by Crippen LogP contribution is 2.26. The van der Waals surface area contributed by atoms with E-state index in [0.717, 1.165) is 12.2 Å². The van der Waals surface area contributed by atoms with Crippen molar-refractivity contribution in [3.8, 4) is 0 Å². The Bertz CT molecular complexity index is 523. The van der Waals surface area contributed by atoms with Crippen molar-refractivity contribution in [2.24, 2.45) is 11.1 Å². The number of rotatable bonds is 4. The van der Waals surface area contributed by atoms with Crippen LogP contribution < -0.4 is 10.5 Å². The van der Waals surface area contributed by atoms with E-state index >= 15 is 0 Å². The number of nitrogens with two attached hydrogens (primary N) is 1. The number of hydrogen-bond acceptors (Lipinski definition) is 4. The third-order valence-electron chi connectivity index (χ3n) is 3.20. The summed E-state index contributed by atoms with van der Waals surface area (Å²) in [7, 11) is -3.64. The average molecular weight is 286 g/mol. The lowest BCUT2D eigenvalue weighted by molar-refractivity contribution is 0.597. The Morgan fingerprint density at radius 3 is 2.89 bits per heavy atom. The zero-order chi connectivity index (χ0) is 13.2. The number of nitrogens with one attached hydrogen (secondary N) is 1. The number of anilines is 1. The lowest BCUT2D eigenvalue weighted by Crippen LogP contribution is -2.17. The third-order valence-corrected chi connectivity index (χ3v) is 5.48. The molecule has 3 N–H and O–H groups in total. The highest BCUT2D eigenvalue weighted by Gasteiger charge is 2.17. The molecule has 1 aromatic rings. The van der Waals surface area contributed by atoms with Gasteiger partial charge in [-0.3, -0.25) is 0 Å². The van der Waals surface area contributed by atoms with Gasteiger partial charge in [-0.1, -0.05) is 6.07 Å². The largest absolute Gasteiger partial charge is 0.384 e. The van der Waals surface area contributed by atoms with Gasteiger partial charge in [0.15, 0.2) is 0 Å². The van der Waals surface area contributed by atoms with E-state index in [0.29, 0.717) is 11.5 Å². The molecule has 4 nitrogen and oxygen atoms in total. The van der Waals surface area contributed by atoms with Crippen molar-refractivity contribution in [1.29, 1.82) is 0 Å². The van der Waals surface area contributed by atoms with Gasteiger partial charge in [-0.2, -0.15) is 11.8 Å². The highest BCUT2D eigenvalue weighted by molar-refractivity contribution is 7.99. The number of hydrogen-bond donors (Lipinski definition) is 2. The van der Waals surface area contributed by atoms with Gasteiger partial charge in [-0.05, 0) is 48.5 Å². The molecule has 0 spiro atoms. The van der Waals surface area contributed by atoms with E-state index in [1.54, 1.807) is 19.1 Å². The summed E-state index contributed by atoms with van der Waals surface area (Å²) < 4.78 is 22.8. The summed E-state index contributed by atoms with van der Waals surface area (Å²) in [6.45, 7) is 2.67. The highest BCUT2D eigenvalue weighted by atomic mass is 32.2. The molecule has 0 saturated carbocycles. The quantitative estimate of drug-likeness (QED) is 0.885. The first-order chi connectivity index (χ1) is 8.48. The average Bonchev–Trinajstić information content (AvgIpc) is 2.79. The van der Waals surface area contributed by atoms with Crippen LogP contribution >= 0.6 is 11.8 Å². The van der Waals surface area contributed by atoms with E-state index in [1.165, 1.54) is 17.9 Å². The second-order valence-corrected chi connectivity index (χ2v) is 7.26. The van der Waals surface area contributed by atoms with Gasteiger partial charge in [0.1, 0.15) is 0 Å². The van der Waals surface area contributed by atoms with E-state index in [-0.39, 0.29) is 4.90 Å². The van der Waals surface area contributed by atoms with Crippen molar-refractivity contribution >= 4 is 27.5 Å². The Balaban J connectivity index is 2.13. The van der Waals surface area contributed by atoms with Crippen LogP contribution in [0.25, 0.3) is 0 Å². The molecule has 100 valence electrons. The maximum Gasteiger partial charge on any atom is 0.238 e. The molecular weight excluding hydrogens is 268 g/mol. The van der Waals surface area contributed by atoms with Gasteiger partial charge in [0, 0.05) is 12.2 Å². The van der Waals surface area contributed by atoms with Crippen LogP contribution in [0.2, 0.25) is 0 Å².